The van der Waals surface area contributed by atoms with E-state index in [-0.39, 0.29) is 6.04 Å². The number of hydrogen-bond acceptors (Lipinski definition) is 7. The number of thioether (sulfide) groups is 2. The molecule has 3 rings (SSSR count). The lowest BCUT2D eigenvalue weighted by Crippen LogP contribution is -2.25. The lowest BCUT2D eigenvalue weighted by atomic mass is 9.96. The molecule has 0 fully saturated rings. The zero-order valence-corrected chi connectivity index (χ0v) is 14.2. The van der Waals surface area contributed by atoms with Crippen LogP contribution in [0.15, 0.2) is 39.4 Å². The molecule has 0 amide bonds. The Morgan fingerprint density at radius 3 is 2.36 bits per heavy atom. The number of aromatic nitrogens is 2. The van der Waals surface area contributed by atoms with Crippen LogP contribution in [0.4, 0.5) is 0 Å². The molecule has 0 spiro atoms. The first-order valence-electron chi connectivity index (χ1n) is 6.69. The van der Waals surface area contributed by atoms with E-state index < -0.39 is 0 Å². The van der Waals surface area contributed by atoms with Crippen LogP contribution >= 0.6 is 23.5 Å². The van der Waals surface area contributed by atoms with Crippen LogP contribution in [0.2, 0.25) is 0 Å². The molecule has 2 heterocycles. The molecular formula is C15H16N4OS2. The van der Waals surface area contributed by atoms with Gasteiger partial charge in [-0.2, -0.15) is 5.10 Å². The summed E-state index contributed by atoms with van der Waals surface area (Å²) in [5.41, 5.74) is 6.49. The van der Waals surface area contributed by atoms with E-state index >= 15 is 0 Å². The quantitative estimate of drug-likeness (QED) is 0.869. The van der Waals surface area contributed by atoms with E-state index in [1.54, 1.807) is 30.6 Å². The number of ether oxygens (including phenoxy) is 1. The summed E-state index contributed by atoms with van der Waals surface area (Å²) in [6, 6.07) is 7.97. The maximum absolute atomic E-state index is 5.23. The predicted molar refractivity (Wildman–Crippen MR) is 91.2 cm³/mol. The Bertz CT molecular complexity index is 703. The molecule has 0 saturated heterocycles. The van der Waals surface area contributed by atoms with Gasteiger partial charge >= 0.3 is 0 Å². The van der Waals surface area contributed by atoms with E-state index in [9.17, 15) is 0 Å². The van der Waals surface area contributed by atoms with Crippen molar-refractivity contribution in [3.05, 3.63) is 41.0 Å². The van der Waals surface area contributed by atoms with Gasteiger partial charge in [0.25, 0.3) is 0 Å². The fraction of sp³-hybridized carbons (Fsp3) is 0.267. The SMILES string of the molecule is COc1ccc(C2NN=Cc3c(SC)nnc(SC)c32)cc1. The number of nitrogens with one attached hydrogen (secondary N) is 1. The summed E-state index contributed by atoms with van der Waals surface area (Å²) in [7, 11) is 1.67. The molecular weight excluding hydrogens is 316 g/mol. The van der Waals surface area contributed by atoms with Crippen LogP contribution in [0, 0.1) is 0 Å². The molecule has 1 aromatic carbocycles. The first-order valence-corrected chi connectivity index (χ1v) is 9.14. The molecule has 5 nitrogen and oxygen atoms in total. The summed E-state index contributed by atoms with van der Waals surface area (Å²) in [6.45, 7) is 0. The Labute approximate surface area is 137 Å². The summed E-state index contributed by atoms with van der Waals surface area (Å²) in [6.07, 6.45) is 5.84. The average molecular weight is 332 g/mol. The first-order chi connectivity index (χ1) is 10.8. The van der Waals surface area contributed by atoms with Crippen molar-refractivity contribution in [1.82, 2.24) is 15.6 Å². The van der Waals surface area contributed by atoms with Gasteiger partial charge in [0.05, 0.1) is 19.4 Å². The van der Waals surface area contributed by atoms with Crippen LogP contribution < -0.4 is 10.2 Å². The zero-order chi connectivity index (χ0) is 15.5. The Balaban J connectivity index is 2.11. The van der Waals surface area contributed by atoms with Crippen molar-refractivity contribution < 1.29 is 4.74 Å². The number of fused-ring (bicyclic) bond motifs is 1. The van der Waals surface area contributed by atoms with Gasteiger partial charge in [0, 0.05) is 11.1 Å². The lowest BCUT2D eigenvalue weighted by molar-refractivity contribution is 0.414. The lowest BCUT2D eigenvalue weighted by Gasteiger charge is -2.25. The highest BCUT2D eigenvalue weighted by atomic mass is 32.2. The molecule has 1 N–H and O–H groups in total. The average Bonchev–Trinajstić information content (AvgIpc) is 2.60. The number of hydrogen-bond donors (Lipinski definition) is 1. The second-order valence-corrected chi connectivity index (χ2v) is 6.23. The van der Waals surface area contributed by atoms with Gasteiger partial charge in [0.1, 0.15) is 15.8 Å². The number of hydrazone groups is 1. The Hall–Kier alpha value is -1.73. The van der Waals surface area contributed by atoms with Gasteiger partial charge in [0.2, 0.25) is 0 Å². The van der Waals surface area contributed by atoms with Crippen molar-refractivity contribution >= 4 is 29.7 Å². The van der Waals surface area contributed by atoms with Gasteiger partial charge < -0.3 is 4.74 Å². The molecule has 2 aromatic rings. The maximum Gasteiger partial charge on any atom is 0.128 e. The van der Waals surface area contributed by atoms with E-state index in [4.69, 9.17) is 4.74 Å². The highest BCUT2D eigenvalue weighted by Crippen LogP contribution is 2.36. The number of nitrogens with zero attached hydrogens (tertiary/aromatic N) is 3. The number of rotatable bonds is 4. The second-order valence-electron chi connectivity index (χ2n) is 4.64. The van der Waals surface area contributed by atoms with Gasteiger partial charge in [-0.3, -0.25) is 5.43 Å². The van der Waals surface area contributed by atoms with Gasteiger partial charge in [-0.15, -0.1) is 33.7 Å². The topological polar surface area (TPSA) is 59.4 Å². The molecule has 1 unspecified atom stereocenters. The molecule has 0 aliphatic carbocycles. The van der Waals surface area contributed by atoms with Crippen molar-refractivity contribution in [3.63, 3.8) is 0 Å². The predicted octanol–water partition coefficient (Wildman–Crippen LogP) is 2.96. The van der Waals surface area contributed by atoms with Gasteiger partial charge in [0.15, 0.2) is 0 Å². The van der Waals surface area contributed by atoms with Crippen LogP contribution in [0.3, 0.4) is 0 Å². The third-order valence-corrected chi connectivity index (χ3v) is 4.88. The third kappa shape index (κ3) is 2.66. The molecule has 1 aromatic heterocycles. The normalized spacial score (nSPS) is 16.0. The molecule has 7 heteroatoms. The van der Waals surface area contributed by atoms with Crippen LogP contribution in [0.25, 0.3) is 0 Å². The second kappa shape index (κ2) is 6.58. The minimum atomic E-state index is -0.0326. The Kier molecular flexibility index (Phi) is 4.54. The van der Waals surface area contributed by atoms with Gasteiger partial charge in [-0.25, -0.2) is 0 Å². The summed E-state index contributed by atoms with van der Waals surface area (Å²) in [5.74, 6) is 0.839. The number of methoxy groups -OCH3 is 1. The minimum Gasteiger partial charge on any atom is -0.497 e. The van der Waals surface area contributed by atoms with Crippen LogP contribution in [0.5, 0.6) is 5.75 Å². The summed E-state index contributed by atoms with van der Waals surface area (Å²) < 4.78 is 5.23. The minimum absolute atomic E-state index is 0.0326. The molecule has 114 valence electrons. The first kappa shape index (κ1) is 15.2. The summed E-state index contributed by atoms with van der Waals surface area (Å²) in [5, 5.41) is 14.8. The molecule has 22 heavy (non-hydrogen) atoms. The fourth-order valence-electron chi connectivity index (χ4n) is 2.41. The third-order valence-electron chi connectivity index (χ3n) is 3.50. The highest BCUT2D eigenvalue weighted by Gasteiger charge is 2.26. The molecule has 1 atom stereocenters. The Morgan fingerprint density at radius 2 is 1.73 bits per heavy atom. The standard InChI is InChI=1S/C15H16N4OS2/c1-20-10-6-4-9(5-7-10)13-12-11(8-16-17-13)14(21-2)18-19-15(12)22-3/h4-8,13,17H,1-3H3. The van der Waals surface area contributed by atoms with Crippen molar-refractivity contribution in [2.24, 2.45) is 5.10 Å². The highest BCUT2D eigenvalue weighted by molar-refractivity contribution is 7.99. The van der Waals surface area contributed by atoms with Crippen molar-refractivity contribution in [1.29, 1.82) is 0 Å². The van der Waals surface area contributed by atoms with E-state index in [2.05, 4.69) is 20.7 Å². The zero-order valence-electron chi connectivity index (χ0n) is 12.5. The Morgan fingerprint density at radius 1 is 1.05 bits per heavy atom. The summed E-state index contributed by atoms with van der Waals surface area (Å²) >= 11 is 3.18. The number of benzene rings is 1. The van der Waals surface area contributed by atoms with E-state index in [0.717, 1.165) is 32.5 Å². The van der Waals surface area contributed by atoms with Gasteiger partial charge in [-0.05, 0) is 30.2 Å². The van der Waals surface area contributed by atoms with Crippen LogP contribution in [-0.2, 0) is 0 Å². The van der Waals surface area contributed by atoms with Crippen molar-refractivity contribution in [2.45, 2.75) is 16.1 Å². The monoisotopic (exact) mass is 332 g/mol. The summed E-state index contributed by atoms with van der Waals surface area (Å²) in [4.78, 5) is 0. The van der Waals surface area contributed by atoms with E-state index in [1.807, 2.05) is 43.0 Å². The largest absolute Gasteiger partial charge is 0.497 e. The van der Waals surface area contributed by atoms with Crippen LogP contribution in [-0.4, -0.2) is 36.0 Å². The van der Waals surface area contributed by atoms with Crippen molar-refractivity contribution in [3.8, 4) is 5.75 Å². The van der Waals surface area contributed by atoms with E-state index in [0.29, 0.717) is 0 Å². The maximum atomic E-state index is 5.23. The van der Waals surface area contributed by atoms with E-state index in [1.165, 1.54) is 0 Å². The fourth-order valence-corrected chi connectivity index (χ4v) is 3.49. The molecule has 1 aliphatic rings. The van der Waals surface area contributed by atoms with Crippen LogP contribution in [0.1, 0.15) is 22.7 Å². The molecule has 0 bridgehead atoms. The smallest absolute Gasteiger partial charge is 0.128 e. The van der Waals surface area contributed by atoms with Gasteiger partial charge in [-0.1, -0.05) is 12.1 Å². The van der Waals surface area contributed by atoms with Crippen molar-refractivity contribution in [2.75, 3.05) is 19.6 Å². The molecule has 1 aliphatic heterocycles. The molecule has 0 radical (unpaired) electrons. The molecule has 0 saturated carbocycles.